The Bertz CT molecular complexity index is 8.00. The van der Waals surface area contributed by atoms with Crippen LogP contribution in [0.15, 0.2) is 0 Å². The van der Waals surface area contributed by atoms with Gasteiger partial charge in [0.1, 0.15) is 0 Å². The molecule has 0 bridgehead atoms. The first kappa shape index (κ1) is 35.6. The first-order chi connectivity index (χ1) is 0. The summed E-state index contributed by atoms with van der Waals surface area (Å²) in [5.74, 6) is 0. The van der Waals surface area contributed by atoms with Crippen LogP contribution in [0.2, 0.25) is 0 Å². The minimum Gasteiger partial charge on any atom is -0.0776 e. The fourth-order valence-corrected chi connectivity index (χ4v) is 0. The SMILES string of the molecule is C.[Al].[Li].[Na]. The molecule has 5 radical (unpaired) electrons. The van der Waals surface area contributed by atoms with E-state index in [9.17, 15) is 0 Å². The smallest absolute Gasteiger partial charge is 0 e. The van der Waals surface area contributed by atoms with Crippen molar-refractivity contribution in [2.75, 3.05) is 0 Å². The molecule has 0 saturated heterocycles. The van der Waals surface area contributed by atoms with Gasteiger partial charge in [-0.25, -0.2) is 0 Å². The van der Waals surface area contributed by atoms with E-state index >= 15 is 0 Å². The number of rotatable bonds is 0. The zero-order chi connectivity index (χ0) is 0. The van der Waals surface area contributed by atoms with Crippen molar-refractivity contribution in [1.82, 2.24) is 0 Å². The minimum absolute atomic E-state index is 0. The van der Waals surface area contributed by atoms with Gasteiger partial charge in [0, 0.05) is 65.8 Å². The van der Waals surface area contributed by atoms with Crippen LogP contribution in [0.3, 0.4) is 0 Å². The minimum atomic E-state index is 0. The second-order valence-electron chi connectivity index (χ2n) is 0. The summed E-state index contributed by atoms with van der Waals surface area (Å²) in [5, 5.41) is 0. The standard InChI is InChI=1S/CH4.Al.Li.Na/h1H4;;;. The summed E-state index contributed by atoms with van der Waals surface area (Å²) in [7, 11) is 0. The molecule has 0 saturated carbocycles. The van der Waals surface area contributed by atoms with E-state index in [1.54, 1.807) is 0 Å². The third-order valence-corrected chi connectivity index (χ3v) is 0. The van der Waals surface area contributed by atoms with Crippen molar-refractivity contribution in [1.29, 1.82) is 0 Å². The van der Waals surface area contributed by atoms with Gasteiger partial charge in [-0.2, -0.15) is 0 Å². The van der Waals surface area contributed by atoms with Gasteiger partial charge in [0.2, 0.25) is 0 Å². The maximum absolute atomic E-state index is 0. The summed E-state index contributed by atoms with van der Waals surface area (Å²) in [6, 6.07) is 0. The van der Waals surface area contributed by atoms with Crippen LogP contribution in [0.25, 0.3) is 0 Å². The molecule has 0 fully saturated rings. The molecule has 0 aromatic heterocycles. The average molecular weight is 73.0 g/mol. The van der Waals surface area contributed by atoms with Crippen molar-refractivity contribution < 1.29 is 0 Å². The molecule has 0 spiro atoms. The summed E-state index contributed by atoms with van der Waals surface area (Å²) in [6.07, 6.45) is 0. The quantitative estimate of drug-likeness (QED) is 0.339. The van der Waals surface area contributed by atoms with Crippen molar-refractivity contribution in [3.8, 4) is 0 Å². The molecule has 0 aromatic rings. The van der Waals surface area contributed by atoms with Gasteiger partial charge in [0.05, 0.1) is 0 Å². The van der Waals surface area contributed by atoms with Gasteiger partial charge >= 0.3 is 0 Å². The van der Waals surface area contributed by atoms with E-state index in [1.807, 2.05) is 0 Å². The van der Waals surface area contributed by atoms with Gasteiger partial charge in [0.15, 0.2) is 0 Å². The van der Waals surface area contributed by atoms with Crippen LogP contribution >= 0.6 is 0 Å². The maximum Gasteiger partial charge on any atom is 0 e. The molecular weight excluding hydrogens is 68.9 g/mol. The van der Waals surface area contributed by atoms with E-state index in [0.29, 0.717) is 0 Å². The second-order valence-corrected chi connectivity index (χ2v) is 0. The summed E-state index contributed by atoms with van der Waals surface area (Å²) >= 11 is 0. The molecule has 0 aromatic carbocycles. The molecule has 0 aliphatic heterocycles. The van der Waals surface area contributed by atoms with Crippen LogP contribution in [-0.2, 0) is 0 Å². The molecule has 0 heterocycles. The topological polar surface area (TPSA) is 0 Å². The predicted molar refractivity (Wildman–Crippen MR) is 24.0 cm³/mol. The van der Waals surface area contributed by atoms with Crippen molar-refractivity contribution in [3.05, 3.63) is 0 Å². The van der Waals surface area contributed by atoms with Crippen molar-refractivity contribution >= 4 is 65.8 Å². The third kappa shape index (κ3) is 8.92. The van der Waals surface area contributed by atoms with E-state index in [4.69, 9.17) is 0 Å². The van der Waals surface area contributed by atoms with Gasteiger partial charge in [-0.15, -0.1) is 0 Å². The van der Waals surface area contributed by atoms with Crippen LogP contribution in [0.1, 0.15) is 7.43 Å². The molecule has 4 heavy (non-hydrogen) atoms. The molecular formula is CH4AlLiNa. The fourth-order valence-electron chi connectivity index (χ4n) is 0. The van der Waals surface area contributed by atoms with E-state index in [-0.39, 0.29) is 73.2 Å². The summed E-state index contributed by atoms with van der Waals surface area (Å²) < 4.78 is 0. The molecule has 0 N–H and O–H groups in total. The Morgan fingerprint density at radius 2 is 1.00 bits per heavy atom. The first-order valence-electron chi connectivity index (χ1n) is 0. The van der Waals surface area contributed by atoms with Crippen molar-refractivity contribution in [2.45, 2.75) is 7.43 Å². The van der Waals surface area contributed by atoms with Gasteiger partial charge in [-0.05, 0) is 0 Å². The second kappa shape index (κ2) is 19.3. The Hall–Kier alpha value is 2.13. The molecule has 0 aliphatic rings. The van der Waals surface area contributed by atoms with Gasteiger partial charge in [-0.3, -0.25) is 0 Å². The molecule has 0 nitrogen and oxygen atoms in total. The summed E-state index contributed by atoms with van der Waals surface area (Å²) in [6.45, 7) is 0. The van der Waals surface area contributed by atoms with E-state index in [2.05, 4.69) is 0 Å². The molecule has 0 unspecified atom stereocenters. The van der Waals surface area contributed by atoms with Crippen molar-refractivity contribution in [3.63, 3.8) is 0 Å². The molecule has 13 valence electrons. The molecule has 0 rings (SSSR count). The predicted octanol–water partition coefficient (Wildman–Crippen LogP) is -0.506. The van der Waals surface area contributed by atoms with E-state index in [1.165, 1.54) is 0 Å². The van der Waals surface area contributed by atoms with Crippen molar-refractivity contribution in [2.24, 2.45) is 0 Å². The fraction of sp³-hybridized carbons (Fsp3) is 1.00. The zero-order valence-corrected chi connectivity index (χ0v) is 5.73. The monoisotopic (exact) mass is 73.0 g/mol. The number of hydrogen-bond donors (Lipinski definition) is 0. The maximum atomic E-state index is 0. The molecule has 0 atom stereocenters. The molecule has 0 aliphatic carbocycles. The Kier molecular flexibility index (Phi) is 171. The summed E-state index contributed by atoms with van der Waals surface area (Å²) in [4.78, 5) is 0. The zero-order valence-electron chi connectivity index (χ0n) is 2.58. The molecule has 0 amide bonds. The Morgan fingerprint density at radius 1 is 1.00 bits per heavy atom. The van der Waals surface area contributed by atoms with Gasteiger partial charge in [0.25, 0.3) is 0 Å². The Balaban J connectivity index is 0. The first-order valence-corrected chi connectivity index (χ1v) is 0. The van der Waals surface area contributed by atoms with Crippen LogP contribution < -0.4 is 0 Å². The third-order valence-electron chi connectivity index (χ3n) is 0. The largest absolute Gasteiger partial charge is 0.0776 e. The van der Waals surface area contributed by atoms with E-state index < -0.39 is 0 Å². The van der Waals surface area contributed by atoms with Crippen LogP contribution in [-0.4, -0.2) is 65.8 Å². The average Bonchev–Trinajstić information content (AvgIpc) is 0. The van der Waals surface area contributed by atoms with Crippen LogP contribution in [0.5, 0.6) is 0 Å². The molecule has 3 heteroatoms. The Morgan fingerprint density at radius 3 is 1.00 bits per heavy atom. The van der Waals surface area contributed by atoms with Gasteiger partial charge in [-0.1, -0.05) is 7.43 Å². The van der Waals surface area contributed by atoms with Gasteiger partial charge < -0.3 is 0 Å². The summed E-state index contributed by atoms with van der Waals surface area (Å²) in [5.41, 5.74) is 0. The van der Waals surface area contributed by atoms with Crippen LogP contribution in [0, 0.1) is 0 Å². The Labute approximate surface area is 72.3 Å². The van der Waals surface area contributed by atoms with Crippen LogP contribution in [0.4, 0.5) is 0 Å². The number of hydrogen-bond acceptors (Lipinski definition) is 0. The normalized spacial score (nSPS) is 0. The van der Waals surface area contributed by atoms with E-state index in [0.717, 1.165) is 0 Å².